The van der Waals surface area contributed by atoms with Crippen LogP contribution in [0.25, 0.3) is 6.08 Å². The number of rotatable bonds is 6. The Morgan fingerprint density at radius 2 is 1.97 bits per heavy atom. The third kappa shape index (κ3) is 4.05. The maximum Gasteiger partial charge on any atom is 0.270 e. The summed E-state index contributed by atoms with van der Waals surface area (Å²) in [6.45, 7) is 4.25. The minimum absolute atomic E-state index is 0.0390. The molecule has 2 amide bonds. The zero-order valence-electron chi connectivity index (χ0n) is 17.7. The monoisotopic (exact) mass is 435 g/mol. The number of carbonyl (C=O) groups is 2. The van der Waals surface area contributed by atoms with E-state index in [1.54, 1.807) is 24.3 Å². The normalized spacial score (nSPS) is 17.2. The molecule has 2 aromatic carbocycles. The summed E-state index contributed by atoms with van der Waals surface area (Å²) in [5.41, 5.74) is 3.84. The number of unbranched alkanes of at least 4 members (excludes halogenated alkanes) is 1. The van der Waals surface area contributed by atoms with Crippen LogP contribution in [0, 0.1) is 0 Å². The van der Waals surface area contributed by atoms with Gasteiger partial charge in [-0.1, -0.05) is 31.5 Å². The van der Waals surface area contributed by atoms with Gasteiger partial charge in [-0.2, -0.15) is 0 Å². The lowest BCUT2D eigenvalue weighted by Crippen LogP contribution is -2.54. The van der Waals surface area contributed by atoms with Crippen molar-refractivity contribution in [3.63, 3.8) is 0 Å². The van der Waals surface area contributed by atoms with Gasteiger partial charge in [-0.15, -0.1) is 0 Å². The van der Waals surface area contributed by atoms with Crippen LogP contribution in [0.3, 0.4) is 0 Å². The first-order valence-electron chi connectivity index (χ1n) is 10.5. The van der Waals surface area contributed by atoms with Gasteiger partial charge in [-0.05, 0) is 66.5 Å². The van der Waals surface area contributed by atoms with Crippen molar-refractivity contribution in [3.8, 4) is 5.75 Å². The molecule has 2 heterocycles. The first kappa shape index (κ1) is 21.1. The first-order valence-corrected chi connectivity index (χ1v) is 10.9. The van der Waals surface area contributed by atoms with Crippen LogP contribution in [0.4, 0.5) is 11.4 Å². The molecule has 0 aromatic heterocycles. The molecule has 0 radical (unpaired) electrons. The fourth-order valence-electron chi connectivity index (χ4n) is 4.02. The third-order valence-corrected chi connectivity index (χ3v) is 5.90. The number of hydrogen-bond acceptors (Lipinski definition) is 5. The summed E-state index contributed by atoms with van der Waals surface area (Å²) >= 11 is 5.29. The molecule has 0 aliphatic carbocycles. The molecule has 7 heteroatoms. The van der Waals surface area contributed by atoms with E-state index in [1.165, 1.54) is 29.7 Å². The van der Waals surface area contributed by atoms with Gasteiger partial charge in [0, 0.05) is 18.8 Å². The molecule has 0 bridgehead atoms. The first-order chi connectivity index (χ1) is 15.0. The molecule has 160 valence electrons. The molecule has 0 atom stereocenters. The van der Waals surface area contributed by atoms with Gasteiger partial charge >= 0.3 is 0 Å². The summed E-state index contributed by atoms with van der Waals surface area (Å²) in [5, 5.41) is 2.67. The Kier molecular flexibility index (Phi) is 6.04. The molecule has 1 saturated heterocycles. The van der Waals surface area contributed by atoms with E-state index in [-0.39, 0.29) is 10.7 Å². The average Bonchev–Trinajstić information content (AvgIpc) is 3.17. The lowest BCUT2D eigenvalue weighted by atomic mass is 10.0. The Labute approximate surface area is 187 Å². The summed E-state index contributed by atoms with van der Waals surface area (Å²) in [6, 6.07) is 13.2. The van der Waals surface area contributed by atoms with E-state index in [4.69, 9.17) is 17.0 Å². The zero-order chi connectivity index (χ0) is 22.0. The van der Waals surface area contributed by atoms with Crippen LogP contribution in [0.5, 0.6) is 5.75 Å². The van der Waals surface area contributed by atoms with Crippen molar-refractivity contribution in [1.29, 1.82) is 0 Å². The maximum atomic E-state index is 13.3. The molecule has 1 fully saturated rings. The predicted molar refractivity (Wildman–Crippen MR) is 126 cm³/mol. The summed E-state index contributed by atoms with van der Waals surface area (Å²) < 4.78 is 5.37. The van der Waals surface area contributed by atoms with Crippen LogP contribution in [-0.4, -0.2) is 37.1 Å². The second-order valence-electron chi connectivity index (χ2n) is 7.61. The van der Waals surface area contributed by atoms with Gasteiger partial charge in [0.2, 0.25) is 0 Å². The third-order valence-electron chi connectivity index (χ3n) is 5.62. The molecule has 0 unspecified atom stereocenters. The number of thiocarbonyl (C=S) groups is 1. The van der Waals surface area contributed by atoms with Crippen molar-refractivity contribution < 1.29 is 14.3 Å². The van der Waals surface area contributed by atoms with Crippen LogP contribution >= 0.6 is 12.2 Å². The molecule has 4 rings (SSSR count). The van der Waals surface area contributed by atoms with Crippen LogP contribution < -0.4 is 19.9 Å². The molecule has 0 saturated carbocycles. The van der Waals surface area contributed by atoms with Gasteiger partial charge in [0.05, 0.1) is 12.8 Å². The summed E-state index contributed by atoms with van der Waals surface area (Å²) in [7, 11) is 1.53. The van der Waals surface area contributed by atoms with Crippen molar-refractivity contribution >= 4 is 46.6 Å². The molecule has 1 N–H and O–H groups in total. The number of carbonyl (C=O) groups excluding carboxylic acids is 2. The largest absolute Gasteiger partial charge is 0.495 e. The van der Waals surface area contributed by atoms with E-state index in [1.807, 2.05) is 12.1 Å². The van der Waals surface area contributed by atoms with Gasteiger partial charge < -0.3 is 9.64 Å². The SMILES string of the molecule is CCCCN1CCc2cc(C=C3C(=O)NC(=S)N(c4ccccc4OC)C3=O)ccc21. The van der Waals surface area contributed by atoms with E-state index in [9.17, 15) is 9.59 Å². The highest BCUT2D eigenvalue weighted by molar-refractivity contribution is 7.80. The lowest BCUT2D eigenvalue weighted by molar-refractivity contribution is -0.122. The van der Waals surface area contributed by atoms with Gasteiger partial charge in [-0.3, -0.25) is 14.9 Å². The minimum atomic E-state index is -0.494. The molecule has 31 heavy (non-hydrogen) atoms. The van der Waals surface area contributed by atoms with Crippen molar-refractivity contribution in [2.45, 2.75) is 26.2 Å². The van der Waals surface area contributed by atoms with Crippen LogP contribution in [0.15, 0.2) is 48.0 Å². The number of hydrogen-bond donors (Lipinski definition) is 1. The number of amides is 2. The minimum Gasteiger partial charge on any atom is -0.495 e. The average molecular weight is 436 g/mol. The fourth-order valence-corrected chi connectivity index (χ4v) is 4.29. The number of para-hydroxylation sites is 2. The summed E-state index contributed by atoms with van der Waals surface area (Å²) in [4.78, 5) is 29.6. The van der Waals surface area contributed by atoms with Gasteiger partial charge in [0.15, 0.2) is 5.11 Å². The zero-order valence-corrected chi connectivity index (χ0v) is 18.5. The highest BCUT2D eigenvalue weighted by Gasteiger charge is 2.35. The number of methoxy groups -OCH3 is 1. The number of nitrogens with one attached hydrogen (secondary N) is 1. The maximum absolute atomic E-state index is 13.3. The van der Waals surface area contributed by atoms with Gasteiger partial charge in [0.25, 0.3) is 11.8 Å². The van der Waals surface area contributed by atoms with E-state index >= 15 is 0 Å². The van der Waals surface area contributed by atoms with E-state index in [2.05, 4.69) is 29.3 Å². The van der Waals surface area contributed by atoms with Crippen LogP contribution in [-0.2, 0) is 16.0 Å². The molecule has 6 nitrogen and oxygen atoms in total. The fraction of sp³-hybridized carbons (Fsp3) is 0.292. The highest BCUT2D eigenvalue weighted by Crippen LogP contribution is 2.32. The summed E-state index contributed by atoms with van der Waals surface area (Å²) in [5.74, 6) is -0.465. The highest BCUT2D eigenvalue weighted by atomic mass is 32.1. The predicted octanol–water partition coefficient (Wildman–Crippen LogP) is 3.69. The van der Waals surface area contributed by atoms with E-state index in [0.717, 1.165) is 31.5 Å². The lowest BCUT2D eigenvalue weighted by Gasteiger charge is -2.29. The number of anilines is 2. The Morgan fingerprint density at radius 1 is 1.16 bits per heavy atom. The second-order valence-corrected chi connectivity index (χ2v) is 8.00. The number of nitrogens with zero attached hydrogens (tertiary/aromatic N) is 2. The number of fused-ring (bicyclic) bond motifs is 1. The van der Waals surface area contributed by atoms with Crippen molar-refractivity contribution in [1.82, 2.24) is 5.32 Å². The standard InChI is InChI=1S/C24H25N3O3S/c1-3-4-12-26-13-11-17-14-16(9-10-19(17)26)15-18-22(28)25-24(31)27(23(18)29)20-7-5-6-8-21(20)30-2/h5-10,14-15H,3-4,11-13H2,1-2H3,(H,25,28,31). The van der Waals surface area contributed by atoms with Crippen molar-refractivity contribution in [2.24, 2.45) is 0 Å². The molecular formula is C24H25N3O3S. The number of ether oxygens (including phenoxy) is 1. The molecule has 2 aliphatic rings. The van der Waals surface area contributed by atoms with Crippen molar-refractivity contribution in [3.05, 3.63) is 59.2 Å². The second kappa shape index (κ2) is 8.89. The van der Waals surface area contributed by atoms with Crippen molar-refractivity contribution in [2.75, 3.05) is 30.0 Å². The Bertz CT molecular complexity index is 1080. The molecule has 2 aliphatic heterocycles. The van der Waals surface area contributed by atoms with Crippen LogP contribution in [0.2, 0.25) is 0 Å². The van der Waals surface area contributed by atoms with Crippen LogP contribution in [0.1, 0.15) is 30.9 Å². The topological polar surface area (TPSA) is 61.9 Å². The van der Waals surface area contributed by atoms with E-state index in [0.29, 0.717) is 11.4 Å². The summed E-state index contributed by atoms with van der Waals surface area (Å²) in [6.07, 6.45) is 4.93. The van der Waals surface area contributed by atoms with Gasteiger partial charge in [-0.25, -0.2) is 4.90 Å². The van der Waals surface area contributed by atoms with Gasteiger partial charge in [0.1, 0.15) is 11.3 Å². The Hall–Kier alpha value is -3.19. The quantitative estimate of drug-likeness (QED) is 0.426. The van der Waals surface area contributed by atoms with E-state index < -0.39 is 11.8 Å². The number of benzene rings is 2. The molecule has 0 spiro atoms. The Morgan fingerprint density at radius 3 is 2.74 bits per heavy atom. The Balaban J connectivity index is 1.65. The molecule has 2 aromatic rings. The smallest absolute Gasteiger partial charge is 0.270 e. The molecular weight excluding hydrogens is 410 g/mol.